The first-order valence-electron chi connectivity index (χ1n) is 8.69. The van der Waals surface area contributed by atoms with Crippen molar-refractivity contribution in [2.24, 2.45) is 0 Å². The molecule has 0 bridgehead atoms. The van der Waals surface area contributed by atoms with Crippen molar-refractivity contribution < 1.29 is 18.7 Å². The number of amides is 1. The molecule has 0 spiro atoms. The molecular weight excluding hydrogens is 356 g/mol. The van der Waals surface area contributed by atoms with Gasteiger partial charge in [-0.15, -0.1) is 0 Å². The summed E-state index contributed by atoms with van der Waals surface area (Å²) in [6.45, 7) is 0.0481. The summed E-state index contributed by atoms with van der Waals surface area (Å²) in [6, 6.07) is 20.4. The number of nitriles is 1. The van der Waals surface area contributed by atoms with Crippen molar-refractivity contribution in [3.05, 3.63) is 95.4 Å². The Labute approximate surface area is 162 Å². The summed E-state index contributed by atoms with van der Waals surface area (Å²) in [7, 11) is 0. The fraction of sp³-hybridized carbons (Fsp3) is 0.136. The lowest BCUT2D eigenvalue weighted by atomic mass is 10.1. The van der Waals surface area contributed by atoms with Gasteiger partial charge in [0.1, 0.15) is 12.6 Å². The summed E-state index contributed by atoms with van der Waals surface area (Å²) in [5.74, 6) is -0.910. The van der Waals surface area contributed by atoms with E-state index in [4.69, 9.17) is 14.4 Å². The van der Waals surface area contributed by atoms with E-state index in [1.165, 1.54) is 12.3 Å². The number of nitrogens with one attached hydrogen (secondary N) is 1. The minimum Gasteiger partial charge on any atom is -0.459 e. The molecule has 6 nitrogen and oxygen atoms in total. The van der Waals surface area contributed by atoms with Gasteiger partial charge in [-0.2, -0.15) is 5.26 Å². The van der Waals surface area contributed by atoms with Crippen LogP contribution in [0.2, 0.25) is 0 Å². The predicted octanol–water partition coefficient (Wildman–Crippen LogP) is 3.24. The molecule has 140 valence electrons. The Balaban J connectivity index is 1.68. The first-order chi connectivity index (χ1) is 13.7. The van der Waals surface area contributed by atoms with Crippen LogP contribution in [0.4, 0.5) is 0 Å². The highest BCUT2D eigenvalue weighted by atomic mass is 16.5. The molecule has 0 saturated carbocycles. The van der Waals surface area contributed by atoms with Crippen molar-refractivity contribution in [2.45, 2.75) is 19.1 Å². The summed E-state index contributed by atoms with van der Waals surface area (Å²) >= 11 is 0. The lowest BCUT2D eigenvalue weighted by Crippen LogP contribution is -2.43. The van der Waals surface area contributed by atoms with E-state index in [0.29, 0.717) is 12.0 Å². The number of ether oxygens (including phenoxy) is 1. The molecule has 6 heteroatoms. The van der Waals surface area contributed by atoms with Gasteiger partial charge < -0.3 is 14.5 Å². The second-order valence-corrected chi connectivity index (χ2v) is 6.11. The highest BCUT2D eigenvalue weighted by Gasteiger charge is 2.24. The second kappa shape index (κ2) is 9.19. The molecule has 1 amide bonds. The van der Waals surface area contributed by atoms with Crippen molar-refractivity contribution in [1.29, 1.82) is 5.26 Å². The lowest BCUT2D eigenvalue weighted by molar-refractivity contribution is -0.147. The number of nitrogens with zero attached hydrogens (tertiary/aromatic N) is 1. The van der Waals surface area contributed by atoms with Crippen molar-refractivity contribution in [3.8, 4) is 6.07 Å². The maximum absolute atomic E-state index is 12.6. The molecule has 0 aliphatic carbocycles. The Morgan fingerprint density at radius 1 is 1.00 bits per heavy atom. The van der Waals surface area contributed by atoms with Gasteiger partial charge in [0.2, 0.25) is 0 Å². The third-order valence-electron chi connectivity index (χ3n) is 4.08. The Hall–Kier alpha value is -3.85. The molecule has 0 fully saturated rings. The van der Waals surface area contributed by atoms with Crippen LogP contribution in [0.25, 0.3) is 0 Å². The van der Waals surface area contributed by atoms with Gasteiger partial charge in [-0.3, -0.25) is 4.79 Å². The number of carbonyl (C=O) groups is 2. The molecule has 2 aromatic carbocycles. The highest BCUT2D eigenvalue weighted by Crippen LogP contribution is 2.10. The van der Waals surface area contributed by atoms with Gasteiger partial charge in [0.25, 0.3) is 5.91 Å². The van der Waals surface area contributed by atoms with Crippen LogP contribution in [0, 0.1) is 11.3 Å². The monoisotopic (exact) mass is 374 g/mol. The van der Waals surface area contributed by atoms with Crippen LogP contribution in [0.15, 0.2) is 77.4 Å². The number of furan rings is 1. The summed E-state index contributed by atoms with van der Waals surface area (Å²) in [5.41, 5.74) is 2.17. The van der Waals surface area contributed by atoms with E-state index in [9.17, 15) is 9.59 Å². The minimum absolute atomic E-state index is 0.0481. The van der Waals surface area contributed by atoms with Gasteiger partial charge in [0.15, 0.2) is 5.76 Å². The number of hydrogen-bond acceptors (Lipinski definition) is 5. The lowest BCUT2D eigenvalue weighted by Gasteiger charge is -2.17. The average molecular weight is 374 g/mol. The first kappa shape index (κ1) is 18.9. The van der Waals surface area contributed by atoms with Crippen molar-refractivity contribution in [1.82, 2.24) is 5.32 Å². The van der Waals surface area contributed by atoms with Gasteiger partial charge in [-0.1, -0.05) is 42.5 Å². The van der Waals surface area contributed by atoms with Gasteiger partial charge in [-0.05, 0) is 35.4 Å². The van der Waals surface area contributed by atoms with E-state index < -0.39 is 17.9 Å². The molecule has 1 aromatic heterocycles. The van der Waals surface area contributed by atoms with Gasteiger partial charge in [-0.25, -0.2) is 4.79 Å². The zero-order chi connectivity index (χ0) is 19.8. The summed E-state index contributed by atoms with van der Waals surface area (Å²) in [4.78, 5) is 24.9. The Kier molecular flexibility index (Phi) is 6.21. The van der Waals surface area contributed by atoms with E-state index in [2.05, 4.69) is 5.32 Å². The van der Waals surface area contributed by atoms with E-state index >= 15 is 0 Å². The Morgan fingerprint density at radius 3 is 2.39 bits per heavy atom. The summed E-state index contributed by atoms with van der Waals surface area (Å²) < 4.78 is 10.5. The van der Waals surface area contributed by atoms with E-state index in [1.807, 2.05) is 36.4 Å². The maximum Gasteiger partial charge on any atom is 0.329 e. The number of esters is 1. The normalized spacial score (nSPS) is 11.2. The van der Waals surface area contributed by atoms with E-state index in [0.717, 1.165) is 11.1 Å². The number of hydrogen-bond donors (Lipinski definition) is 1. The van der Waals surface area contributed by atoms with Crippen LogP contribution in [-0.2, 0) is 22.6 Å². The number of carbonyl (C=O) groups excluding carboxylic acids is 2. The van der Waals surface area contributed by atoms with Crippen molar-refractivity contribution in [2.75, 3.05) is 0 Å². The van der Waals surface area contributed by atoms with E-state index in [-0.39, 0.29) is 12.4 Å². The Morgan fingerprint density at radius 2 is 1.75 bits per heavy atom. The van der Waals surface area contributed by atoms with Crippen LogP contribution >= 0.6 is 0 Å². The Bertz CT molecular complexity index is 958. The standard InChI is InChI=1S/C22H18N2O4/c23-14-17-8-10-18(11-9-17)15-28-22(26)19(13-16-5-2-1-3-6-16)24-21(25)20-7-4-12-27-20/h1-12,19H,13,15H2,(H,24,25)/t19-/m0/s1. The van der Waals surface area contributed by atoms with Gasteiger partial charge in [0, 0.05) is 6.42 Å². The molecule has 0 radical (unpaired) electrons. The largest absolute Gasteiger partial charge is 0.459 e. The summed E-state index contributed by atoms with van der Waals surface area (Å²) in [5, 5.41) is 11.5. The minimum atomic E-state index is -0.863. The molecule has 0 unspecified atom stereocenters. The third kappa shape index (κ3) is 5.08. The van der Waals surface area contributed by atoms with Crippen LogP contribution in [0.5, 0.6) is 0 Å². The van der Waals surface area contributed by atoms with E-state index in [1.54, 1.807) is 30.3 Å². The zero-order valence-electron chi connectivity index (χ0n) is 15.0. The fourth-order valence-electron chi connectivity index (χ4n) is 2.61. The summed E-state index contributed by atoms with van der Waals surface area (Å²) in [6.07, 6.45) is 1.68. The molecular formula is C22H18N2O4. The zero-order valence-corrected chi connectivity index (χ0v) is 15.0. The van der Waals surface area contributed by atoms with Gasteiger partial charge in [0.05, 0.1) is 17.9 Å². The molecule has 28 heavy (non-hydrogen) atoms. The molecule has 0 saturated heterocycles. The van der Waals surface area contributed by atoms with Crippen LogP contribution in [-0.4, -0.2) is 17.9 Å². The fourth-order valence-corrected chi connectivity index (χ4v) is 2.61. The topological polar surface area (TPSA) is 92.3 Å². The highest BCUT2D eigenvalue weighted by molar-refractivity contribution is 5.94. The SMILES string of the molecule is N#Cc1ccc(COC(=O)[C@H](Cc2ccccc2)NC(=O)c2ccco2)cc1. The predicted molar refractivity (Wildman–Crippen MR) is 101 cm³/mol. The molecule has 0 aliphatic rings. The van der Waals surface area contributed by atoms with Crippen LogP contribution < -0.4 is 5.32 Å². The molecule has 1 heterocycles. The van der Waals surface area contributed by atoms with Crippen LogP contribution in [0.3, 0.4) is 0 Å². The smallest absolute Gasteiger partial charge is 0.329 e. The molecule has 0 aliphatic heterocycles. The quantitative estimate of drug-likeness (QED) is 0.641. The second-order valence-electron chi connectivity index (χ2n) is 6.11. The molecule has 3 aromatic rings. The molecule has 1 N–H and O–H groups in total. The number of rotatable bonds is 7. The third-order valence-corrected chi connectivity index (χ3v) is 4.08. The van der Waals surface area contributed by atoms with Crippen molar-refractivity contribution >= 4 is 11.9 Å². The first-order valence-corrected chi connectivity index (χ1v) is 8.69. The van der Waals surface area contributed by atoms with Gasteiger partial charge >= 0.3 is 5.97 Å². The van der Waals surface area contributed by atoms with Crippen LogP contribution in [0.1, 0.15) is 27.2 Å². The maximum atomic E-state index is 12.6. The average Bonchev–Trinajstić information content (AvgIpc) is 3.28. The number of benzene rings is 2. The molecule has 1 atom stereocenters. The van der Waals surface area contributed by atoms with Crippen molar-refractivity contribution in [3.63, 3.8) is 0 Å². The molecule has 3 rings (SSSR count).